The zero-order chi connectivity index (χ0) is 59.6. The lowest BCUT2D eigenvalue weighted by Gasteiger charge is -2.34. The van der Waals surface area contributed by atoms with Gasteiger partial charge in [-0.1, -0.05) is 27.7 Å². The van der Waals surface area contributed by atoms with Crippen molar-refractivity contribution in [3.05, 3.63) is 29.8 Å². The molecule has 1 aromatic carbocycles. The molecule has 0 radical (unpaired) electrons. The molecule has 1 aliphatic rings. The average Bonchev–Trinajstić information content (AvgIpc) is 3.35. The van der Waals surface area contributed by atoms with Crippen molar-refractivity contribution in [2.45, 2.75) is 194 Å². The molecule has 1 aliphatic carbocycles. The van der Waals surface area contributed by atoms with E-state index >= 15 is 0 Å². The average molecular weight is 1120 g/mol. The zero-order valence-corrected chi connectivity index (χ0v) is 48.1. The third kappa shape index (κ3) is 29.4. The lowest BCUT2D eigenvalue weighted by molar-refractivity contribution is -0.143. The number of amides is 7. The number of carboxylic acids is 3. The van der Waals surface area contributed by atoms with Crippen LogP contribution >= 0.6 is 0 Å². The van der Waals surface area contributed by atoms with E-state index in [-0.39, 0.29) is 81.9 Å². The van der Waals surface area contributed by atoms with Crippen LogP contribution in [0.15, 0.2) is 24.3 Å². The second-order valence-electron chi connectivity index (χ2n) is 23.6. The van der Waals surface area contributed by atoms with Crippen LogP contribution in [0.1, 0.15) is 175 Å². The van der Waals surface area contributed by atoms with Gasteiger partial charge in [0.2, 0.25) is 35.4 Å². The molecule has 1 saturated carbocycles. The van der Waals surface area contributed by atoms with Crippen LogP contribution in [0.25, 0.3) is 0 Å². The number of anilines is 1. The largest absolute Gasteiger partial charge is 0.481 e. The summed E-state index contributed by atoms with van der Waals surface area (Å²) in [5.74, 6) is -6.98. The van der Waals surface area contributed by atoms with Crippen molar-refractivity contribution in [2.24, 2.45) is 28.4 Å². The smallest absolute Gasteiger partial charge is 0.326 e. The molecule has 3 unspecified atom stereocenters. The number of primary amides is 1. The van der Waals surface area contributed by atoms with Crippen LogP contribution in [0.2, 0.25) is 0 Å². The first-order chi connectivity index (χ1) is 36.8. The number of hydrogen-bond donors (Lipinski definition) is 11. The van der Waals surface area contributed by atoms with E-state index in [4.69, 9.17) is 15.2 Å². The molecule has 0 heterocycles. The number of nitrogens with two attached hydrogens (primary N) is 1. The van der Waals surface area contributed by atoms with Crippen LogP contribution in [0, 0.1) is 22.7 Å². The fourth-order valence-corrected chi connectivity index (χ4v) is 9.71. The normalized spacial score (nSPS) is 16.0. The van der Waals surface area contributed by atoms with Gasteiger partial charge < -0.3 is 67.7 Å². The van der Waals surface area contributed by atoms with E-state index in [0.29, 0.717) is 82.9 Å². The number of nitrogens with one attached hydrogen (secondary N) is 7. The third-order valence-corrected chi connectivity index (χ3v) is 14.0. The number of benzene rings is 1. The van der Waals surface area contributed by atoms with Gasteiger partial charge in [-0.25, -0.2) is 4.79 Å². The second kappa shape index (κ2) is 33.3. The van der Waals surface area contributed by atoms with Gasteiger partial charge in [-0.05, 0) is 146 Å². The summed E-state index contributed by atoms with van der Waals surface area (Å²) in [5, 5.41) is 47.7. The van der Waals surface area contributed by atoms with Crippen LogP contribution in [0.3, 0.4) is 0 Å². The number of ether oxygens (including phenoxy) is 2. The van der Waals surface area contributed by atoms with E-state index in [0.717, 1.165) is 5.69 Å². The lowest BCUT2D eigenvalue weighted by Crippen LogP contribution is -2.49. The molecule has 3 atom stereocenters. The van der Waals surface area contributed by atoms with E-state index in [1.54, 1.807) is 31.3 Å². The number of carbonyl (C=O) groups excluding carboxylic acids is 7. The SMILES string of the molecule is CNc1ccc(C(=O)NCCCCC(NC(=O)CCC(C)(C)OCCC(C)(C)OCCNC(=O)C(CCC(=O)O)NC(=O)CCC(NC(=O)C2CCC(CNC(=O)CC(C)(C)CC(C)(C)CC(=O)O)CC2)C(=O)O)C(N)=O)cc1. The van der Waals surface area contributed by atoms with Gasteiger partial charge in [0.25, 0.3) is 5.91 Å². The highest BCUT2D eigenvalue weighted by Gasteiger charge is 2.34. The maximum atomic E-state index is 13.2. The third-order valence-electron chi connectivity index (χ3n) is 14.0. The molecule has 1 fully saturated rings. The quantitative estimate of drug-likeness (QED) is 0.0407. The van der Waals surface area contributed by atoms with Crippen molar-refractivity contribution in [1.29, 1.82) is 0 Å². The molecular formula is C56H92N8O15. The minimum absolute atomic E-state index is 0.00281. The Balaban J connectivity index is 1.74. The van der Waals surface area contributed by atoms with Crippen molar-refractivity contribution in [2.75, 3.05) is 45.2 Å². The molecule has 0 bridgehead atoms. The lowest BCUT2D eigenvalue weighted by atomic mass is 9.71. The predicted molar refractivity (Wildman–Crippen MR) is 295 cm³/mol. The van der Waals surface area contributed by atoms with Crippen molar-refractivity contribution in [3.63, 3.8) is 0 Å². The summed E-state index contributed by atoms with van der Waals surface area (Å²) in [6.45, 7) is 16.1. The highest BCUT2D eigenvalue weighted by molar-refractivity contribution is 5.94. The highest BCUT2D eigenvalue weighted by Crippen LogP contribution is 2.38. The number of carboxylic acid groups (broad SMARTS) is 3. The summed E-state index contributed by atoms with van der Waals surface area (Å²) in [4.78, 5) is 124. The Morgan fingerprint density at radius 3 is 1.78 bits per heavy atom. The number of aliphatic carboxylic acids is 3. The Labute approximate surface area is 465 Å². The van der Waals surface area contributed by atoms with Gasteiger partial charge in [-0.15, -0.1) is 0 Å². The first kappa shape index (κ1) is 68.7. The van der Waals surface area contributed by atoms with Crippen molar-refractivity contribution in [1.82, 2.24) is 31.9 Å². The standard InChI is InChI=1S/C56H92N8O15/c1-53(2,35-54(3,4)33-47(70)71)32-45(67)61-34-36-13-15-38(16-14-36)50(74)64-42(52(76)77)21-23-43(65)63-41(22-24-46(68)69)51(75)60-29-31-79-56(7,8)27-30-78-55(5,6)26-25-44(66)62-40(48(57)72)12-10-11-28-59-49(73)37-17-19-39(58-9)20-18-37/h17-20,36,38,40-42,58H,10-16,21-35H2,1-9H3,(H2,57,72)(H,59,73)(H,60,75)(H,61,67)(H,62,66)(H,63,65)(H,64,74)(H,68,69)(H,70,71)(H,76,77). The second-order valence-corrected chi connectivity index (χ2v) is 23.6. The van der Waals surface area contributed by atoms with E-state index < -0.39 is 94.0 Å². The maximum Gasteiger partial charge on any atom is 0.326 e. The van der Waals surface area contributed by atoms with Crippen LogP contribution in [0.4, 0.5) is 5.69 Å². The van der Waals surface area contributed by atoms with Gasteiger partial charge in [0.1, 0.15) is 18.1 Å². The van der Waals surface area contributed by atoms with Crippen LogP contribution in [0.5, 0.6) is 0 Å². The van der Waals surface area contributed by atoms with Crippen LogP contribution in [-0.2, 0) is 52.6 Å². The van der Waals surface area contributed by atoms with Gasteiger partial charge in [0, 0.05) is 69.5 Å². The topological polar surface area (TPSA) is 360 Å². The number of unbranched alkanes of at least 4 members (excludes halogenated alkanes) is 1. The molecule has 0 aromatic heterocycles. The zero-order valence-electron chi connectivity index (χ0n) is 48.1. The summed E-state index contributed by atoms with van der Waals surface area (Å²) in [6.07, 6.45) is 3.89. The Morgan fingerprint density at radius 2 is 1.19 bits per heavy atom. The molecule has 2 rings (SSSR count). The van der Waals surface area contributed by atoms with E-state index in [2.05, 4.69) is 37.2 Å². The Kier molecular flexibility index (Phi) is 29.0. The van der Waals surface area contributed by atoms with E-state index in [1.165, 1.54) is 0 Å². The maximum absolute atomic E-state index is 13.2. The van der Waals surface area contributed by atoms with Crippen LogP contribution in [-0.4, -0.2) is 144 Å². The van der Waals surface area contributed by atoms with E-state index in [1.807, 2.05) is 55.4 Å². The molecule has 12 N–H and O–H groups in total. The Hall–Kier alpha value is -6.36. The minimum atomic E-state index is -1.40. The first-order valence-corrected chi connectivity index (χ1v) is 27.5. The number of rotatable bonds is 39. The number of hydrogen-bond acceptors (Lipinski definition) is 13. The fraction of sp³-hybridized carbons (Fsp3) is 0.714. The van der Waals surface area contributed by atoms with Gasteiger partial charge in [0.05, 0.1) is 30.8 Å². The summed E-state index contributed by atoms with van der Waals surface area (Å²) in [7, 11) is 1.79. The summed E-state index contributed by atoms with van der Waals surface area (Å²) >= 11 is 0. The van der Waals surface area contributed by atoms with Gasteiger partial charge >= 0.3 is 17.9 Å². The molecule has 79 heavy (non-hydrogen) atoms. The first-order valence-electron chi connectivity index (χ1n) is 27.5. The highest BCUT2D eigenvalue weighted by atomic mass is 16.5. The minimum Gasteiger partial charge on any atom is -0.481 e. The van der Waals surface area contributed by atoms with Gasteiger partial charge in [-0.3, -0.25) is 43.2 Å². The molecule has 0 spiro atoms. The van der Waals surface area contributed by atoms with Crippen LogP contribution < -0.4 is 43.0 Å². The van der Waals surface area contributed by atoms with Crippen molar-refractivity contribution < 1.29 is 72.7 Å². The Morgan fingerprint density at radius 1 is 0.608 bits per heavy atom. The van der Waals surface area contributed by atoms with E-state index in [9.17, 15) is 63.3 Å². The molecule has 1 aromatic rings. The molecule has 23 nitrogen and oxygen atoms in total. The molecule has 446 valence electrons. The molecule has 7 amide bonds. The van der Waals surface area contributed by atoms with Crippen molar-refractivity contribution in [3.8, 4) is 0 Å². The monoisotopic (exact) mass is 1120 g/mol. The fourth-order valence-electron chi connectivity index (χ4n) is 9.71. The van der Waals surface area contributed by atoms with Crippen molar-refractivity contribution >= 4 is 64.9 Å². The molecule has 0 saturated heterocycles. The number of carbonyl (C=O) groups is 10. The molecule has 0 aliphatic heterocycles. The predicted octanol–water partition coefficient (Wildman–Crippen LogP) is 4.40. The Bertz CT molecular complexity index is 2190. The molecule has 23 heteroatoms. The summed E-state index contributed by atoms with van der Waals surface area (Å²) in [5.41, 5.74) is 4.65. The van der Waals surface area contributed by atoms with Gasteiger partial charge in [0.15, 0.2) is 0 Å². The van der Waals surface area contributed by atoms with Gasteiger partial charge in [-0.2, -0.15) is 0 Å². The summed E-state index contributed by atoms with van der Waals surface area (Å²) in [6, 6.07) is 3.52. The summed E-state index contributed by atoms with van der Waals surface area (Å²) < 4.78 is 12.1. The molecular weight excluding hydrogens is 1020 g/mol.